The fourth-order valence-corrected chi connectivity index (χ4v) is 2.08. The van der Waals surface area contributed by atoms with Gasteiger partial charge in [0.1, 0.15) is 5.60 Å². The van der Waals surface area contributed by atoms with E-state index in [1.54, 1.807) is 26.8 Å². The van der Waals surface area contributed by atoms with Crippen LogP contribution >= 0.6 is 23.2 Å². The van der Waals surface area contributed by atoms with Gasteiger partial charge in [0.05, 0.1) is 0 Å². The van der Waals surface area contributed by atoms with E-state index in [1.807, 2.05) is 0 Å². The number of ether oxygens (including phenoxy) is 1. The van der Waals surface area contributed by atoms with Gasteiger partial charge in [-0.25, -0.2) is 9.59 Å². The summed E-state index contributed by atoms with van der Waals surface area (Å²) < 4.78 is 5.02. The Morgan fingerprint density at radius 2 is 1.75 bits per heavy atom. The lowest BCUT2D eigenvalue weighted by Crippen LogP contribution is -2.38. The van der Waals surface area contributed by atoms with Gasteiger partial charge in [0.15, 0.2) is 6.04 Å². The van der Waals surface area contributed by atoms with Crippen LogP contribution in [0.5, 0.6) is 0 Å². The molecular formula is C13H15Cl2NO4. The fraction of sp³-hybridized carbons (Fsp3) is 0.385. The smallest absolute Gasteiger partial charge is 0.408 e. The molecule has 5 nitrogen and oxygen atoms in total. The quantitative estimate of drug-likeness (QED) is 0.891. The van der Waals surface area contributed by atoms with Gasteiger partial charge in [0.25, 0.3) is 0 Å². The minimum absolute atomic E-state index is 0.120. The van der Waals surface area contributed by atoms with Crippen molar-refractivity contribution in [1.29, 1.82) is 0 Å². The van der Waals surface area contributed by atoms with Crippen LogP contribution in [0.4, 0.5) is 4.79 Å². The van der Waals surface area contributed by atoms with Crippen LogP contribution in [0.25, 0.3) is 0 Å². The SMILES string of the molecule is CC(C)(C)OC(=O)N[C@@H](C(=O)O)c1c(Cl)cccc1Cl. The maximum absolute atomic E-state index is 11.7. The topological polar surface area (TPSA) is 75.6 Å². The summed E-state index contributed by atoms with van der Waals surface area (Å²) in [6.07, 6.45) is -0.860. The molecule has 1 rings (SSSR count). The highest BCUT2D eigenvalue weighted by atomic mass is 35.5. The summed E-state index contributed by atoms with van der Waals surface area (Å²) in [6.45, 7) is 5.01. The van der Waals surface area contributed by atoms with E-state index in [0.29, 0.717) is 0 Å². The lowest BCUT2D eigenvalue weighted by atomic mass is 10.1. The van der Waals surface area contributed by atoms with E-state index in [0.717, 1.165) is 0 Å². The van der Waals surface area contributed by atoms with Crippen molar-refractivity contribution in [2.45, 2.75) is 32.4 Å². The Morgan fingerprint density at radius 3 is 2.15 bits per heavy atom. The second-order valence-electron chi connectivity index (χ2n) is 5.05. The fourth-order valence-electron chi connectivity index (χ4n) is 1.47. The van der Waals surface area contributed by atoms with Crippen LogP contribution in [0.3, 0.4) is 0 Å². The predicted octanol–water partition coefficient (Wildman–Crippen LogP) is 3.64. The first kappa shape index (κ1) is 16.6. The van der Waals surface area contributed by atoms with Crippen molar-refractivity contribution in [3.05, 3.63) is 33.8 Å². The van der Waals surface area contributed by atoms with Crippen molar-refractivity contribution < 1.29 is 19.4 Å². The number of carbonyl (C=O) groups excluding carboxylic acids is 1. The molecule has 0 aliphatic rings. The number of hydrogen-bond donors (Lipinski definition) is 2. The van der Waals surface area contributed by atoms with Gasteiger partial charge >= 0.3 is 12.1 Å². The van der Waals surface area contributed by atoms with E-state index >= 15 is 0 Å². The zero-order valence-electron chi connectivity index (χ0n) is 11.2. The number of carboxylic acid groups (broad SMARTS) is 1. The van der Waals surface area contributed by atoms with Gasteiger partial charge < -0.3 is 15.2 Å². The van der Waals surface area contributed by atoms with E-state index < -0.39 is 23.7 Å². The number of carbonyl (C=O) groups is 2. The van der Waals surface area contributed by atoms with Crippen molar-refractivity contribution in [3.63, 3.8) is 0 Å². The molecule has 7 heteroatoms. The van der Waals surface area contributed by atoms with Crippen LogP contribution in [0, 0.1) is 0 Å². The summed E-state index contributed by atoms with van der Waals surface area (Å²) in [7, 11) is 0. The molecule has 0 radical (unpaired) electrons. The summed E-state index contributed by atoms with van der Waals surface area (Å²) >= 11 is 11.9. The molecule has 0 saturated heterocycles. The van der Waals surface area contributed by atoms with Crippen LogP contribution in [0.1, 0.15) is 32.4 Å². The van der Waals surface area contributed by atoms with E-state index in [9.17, 15) is 14.7 Å². The maximum Gasteiger partial charge on any atom is 0.408 e. The largest absolute Gasteiger partial charge is 0.479 e. The Labute approximate surface area is 126 Å². The summed E-state index contributed by atoms with van der Waals surface area (Å²) in [5.74, 6) is -1.29. The molecule has 0 unspecified atom stereocenters. The van der Waals surface area contributed by atoms with Gasteiger partial charge in [0.2, 0.25) is 0 Å². The number of rotatable bonds is 3. The third kappa shape index (κ3) is 4.58. The van der Waals surface area contributed by atoms with Crippen molar-refractivity contribution in [1.82, 2.24) is 5.32 Å². The van der Waals surface area contributed by atoms with Crippen LogP contribution < -0.4 is 5.32 Å². The molecule has 1 atom stereocenters. The van der Waals surface area contributed by atoms with Crippen LogP contribution in [-0.2, 0) is 9.53 Å². The Balaban J connectivity index is 3.02. The zero-order chi connectivity index (χ0) is 15.5. The molecule has 0 heterocycles. The third-order valence-electron chi connectivity index (χ3n) is 2.20. The molecule has 1 aromatic rings. The van der Waals surface area contributed by atoms with Crippen LogP contribution in [0.15, 0.2) is 18.2 Å². The first-order chi connectivity index (χ1) is 9.11. The van der Waals surface area contributed by atoms with Crippen LogP contribution in [-0.4, -0.2) is 22.8 Å². The molecule has 0 spiro atoms. The molecule has 20 heavy (non-hydrogen) atoms. The van der Waals surface area contributed by atoms with Crippen LogP contribution in [0.2, 0.25) is 10.0 Å². The second kappa shape index (κ2) is 6.33. The number of aliphatic carboxylic acids is 1. The lowest BCUT2D eigenvalue weighted by Gasteiger charge is -2.22. The maximum atomic E-state index is 11.7. The standard InChI is InChI=1S/C13H15Cl2NO4/c1-13(2,3)20-12(19)16-10(11(17)18)9-7(14)5-4-6-8(9)15/h4-6,10H,1-3H3,(H,16,19)(H,17,18)/t10-/m1/s1. The van der Waals surface area contributed by atoms with Crippen molar-refractivity contribution in [3.8, 4) is 0 Å². The highest BCUT2D eigenvalue weighted by molar-refractivity contribution is 6.36. The van der Waals surface area contributed by atoms with Crippen molar-refractivity contribution in [2.24, 2.45) is 0 Å². The van der Waals surface area contributed by atoms with Crippen molar-refractivity contribution >= 4 is 35.3 Å². The highest BCUT2D eigenvalue weighted by Gasteiger charge is 2.28. The summed E-state index contributed by atoms with van der Waals surface area (Å²) in [5, 5.41) is 11.8. The molecule has 0 aliphatic heterocycles. The average molecular weight is 320 g/mol. The zero-order valence-corrected chi connectivity index (χ0v) is 12.7. The van der Waals surface area contributed by atoms with Gasteiger partial charge in [-0.2, -0.15) is 0 Å². The Morgan fingerprint density at radius 1 is 1.25 bits per heavy atom. The molecule has 1 aromatic carbocycles. The van der Waals surface area contributed by atoms with E-state index in [-0.39, 0.29) is 15.6 Å². The van der Waals surface area contributed by atoms with E-state index in [1.165, 1.54) is 12.1 Å². The summed E-state index contributed by atoms with van der Waals surface area (Å²) in [5.41, 5.74) is -0.619. The number of alkyl carbamates (subject to hydrolysis) is 1. The van der Waals surface area contributed by atoms with E-state index in [4.69, 9.17) is 27.9 Å². The second-order valence-corrected chi connectivity index (χ2v) is 5.87. The van der Waals surface area contributed by atoms with Gasteiger partial charge in [-0.15, -0.1) is 0 Å². The Hall–Kier alpha value is -1.46. The molecule has 110 valence electrons. The summed E-state index contributed by atoms with van der Waals surface area (Å²) in [6, 6.07) is 3.19. The van der Waals surface area contributed by atoms with Gasteiger partial charge in [-0.05, 0) is 32.9 Å². The Kier molecular flexibility index (Phi) is 5.25. The minimum Gasteiger partial charge on any atom is -0.479 e. The number of benzene rings is 1. The monoisotopic (exact) mass is 319 g/mol. The average Bonchev–Trinajstić information content (AvgIpc) is 2.24. The molecule has 0 fully saturated rings. The molecule has 0 saturated carbocycles. The summed E-state index contributed by atoms with van der Waals surface area (Å²) in [4.78, 5) is 23.0. The van der Waals surface area contributed by atoms with Gasteiger partial charge in [-0.1, -0.05) is 29.3 Å². The number of carboxylic acids is 1. The molecule has 2 N–H and O–H groups in total. The number of amides is 1. The van der Waals surface area contributed by atoms with E-state index in [2.05, 4.69) is 5.32 Å². The predicted molar refractivity (Wildman–Crippen MR) is 76.2 cm³/mol. The molecule has 1 amide bonds. The molecule has 0 aliphatic carbocycles. The highest BCUT2D eigenvalue weighted by Crippen LogP contribution is 2.30. The third-order valence-corrected chi connectivity index (χ3v) is 2.86. The first-order valence-electron chi connectivity index (χ1n) is 5.78. The van der Waals surface area contributed by atoms with Crippen molar-refractivity contribution in [2.75, 3.05) is 0 Å². The lowest BCUT2D eigenvalue weighted by molar-refractivity contribution is -0.139. The molecule has 0 bridgehead atoms. The number of nitrogens with one attached hydrogen (secondary N) is 1. The number of hydrogen-bond acceptors (Lipinski definition) is 3. The normalized spacial score (nSPS) is 12.7. The van der Waals surface area contributed by atoms with Gasteiger partial charge in [0, 0.05) is 15.6 Å². The first-order valence-corrected chi connectivity index (χ1v) is 6.53. The minimum atomic E-state index is -1.38. The molecular weight excluding hydrogens is 305 g/mol. The molecule has 0 aromatic heterocycles. The Bertz CT molecular complexity index is 505. The van der Waals surface area contributed by atoms with Gasteiger partial charge in [-0.3, -0.25) is 0 Å². The number of halogens is 2.